The summed E-state index contributed by atoms with van der Waals surface area (Å²) in [6, 6.07) is 40.1. The molecule has 45 heavy (non-hydrogen) atoms. The van der Waals surface area contributed by atoms with Crippen LogP contribution >= 0.6 is 0 Å². The van der Waals surface area contributed by atoms with Crippen LogP contribution < -0.4 is 0 Å². The fraction of sp³-hybridized carbons (Fsp3) is 0.200. The Kier molecular flexibility index (Phi) is 9.50. The predicted octanol–water partition coefficient (Wildman–Crippen LogP) is 10.7. The van der Waals surface area contributed by atoms with E-state index in [-0.39, 0.29) is 0 Å². The molecule has 0 aromatic heterocycles. The summed E-state index contributed by atoms with van der Waals surface area (Å²) in [5, 5.41) is 0. The molecule has 5 aromatic rings. The molecular weight excluding hydrogens is 663 g/mol. The average Bonchev–Trinajstić information content (AvgIpc) is 3.20. The first-order valence-electron chi connectivity index (χ1n) is 16.0. The van der Waals surface area contributed by atoms with Crippen LogP contribution in [0.4, 0.5) is 0 Å². The molecule has 1 aliphatic rings. The number of fused-ring (bicyclic) bond motifs is 1. The van der Waals surface area contributed by atoms with E-state index in [1.54, 1.807) is 0 Å². The summed E-state index contributed by atoms with van der Waals surface area (Å²) in [6.45, 7) is 4.24. The van der Waals surface area contributed by atoms with Gasteiger partial charge in [-0.05, 0) is 0 Å². The van der Waals surface area contributed by atoms with Gasteiger partial charge in [0.05, 0.1) is 0 Å². The van der Waals surface area contributed by atoms with E-state index in [0.717, 1.165) is 59.1 Å². The van der Waals surface area contributed by atoms with Gasteiger partial charge in [0.25, 0.3) is 0 Å². The molecule has 226 valence electrons. The molecular formula is C40H38O4Sn. The molecule has 0 amide bonds. The normalized spacial score (nSPS) is 13.8. The first-order chi connectivity index (χ1) is 22.1. The Morgan fingerprint density at radius 3 is 0.956 bits per heavy atom. The van der Waals surface area contributed by atoms with Gasteiger partial charge in [0, 0.05) is 0 Å². The molecule has 0 fully saturated rings. The van der Waals surface area contributed by atoms with Gasteiger partial charge in [0.1, 0.15) is 0 Å². The van der Waals surface area contributed by atoms with E-state index >= 15 is 0 Å². The summed E-state index contributed by atoms with van der Waals surface area (Å²) in [5.74, 6) is -0.877. The summed E-state index contributed by atoms with van der Waals surface area (Å²) in [5.41, 5.74) is 7.37. The summed E-state index contributed by atoms with van der Waals surface area (Å²) < 4.78 is 14.6. The predicted molar refractivity (Wildman–Crippen MR) is 184 cm³/mol. The van der Waals surface area contributed by atoms with Crippen molar-refractivity contribution in [1.82, 2.24) is 0 Å². The fourth-order valence-electron chi connectivity index (χ4n) is 6.41. The number of rotatable bonds is 10. The first kappa shape index (κ1) is 30.8. The number of unbranched alkanes of at least 4 members (excludes halogenated alkanes) is 2. The van der Waals surface area contributed by atoms with Crippen LogP contribution in [0.3, 0.4) is 0 Å². The standard InChI is InChI=1S/C32H22O4.2C4H9.Sn/c33-31(34)29-27(23-17-9-3-10-18-23)25(21-13-5-1-6-14-21)26(22-15-7-2-8-16-22)28(30(29)32(35)36)24-19-11-4-12-20-24;2*1-3-4-2;/h1-20H,(H,33,34)(H,35,36);2*1,3-4H2,2H3;/q;;;+2/p-2. The van der Waals surface area contributed by atoms with Gasteiger partial charge in [-0.1, -0.05) is 0 Å². The quantitative estimate of drug-likeness (QED) is 0.136. The number of hydrogen-bond donors (Lipinski definition) is 0. The number of benzene rings is 5. The Balaban J connectivity index is 1.81. The molecule has 5 heteroatoms. The second-order valence-corrected chi connectivity index (χ2v) is 20.8. The zero-order valence-electron chi connectivity index (χ0n) is 25.9. The Bertz CT molecular complexity index is 1650. The van der Waals surface area contributed by atoms with Crippen LogP contribution in [-0.4, -0.2) is 31.1 Å². The van der Waals surface area contributed by atoms with Gasteiger partial charge in [0.2, 0.25) is 0 Å². The van der Waals surface area contributed by atoms with E-state index in [1.165, 1.54) is 0 Å². The van der Waals surface area contributed by atoms with Gasteiger partial charge in [-0.2, -0.15) is 0 Å². The van der Waals surface area contributed by atoms with Gasteiger partial charge in [0.15, 0.2) is 0 Å². The Hall–Kier alpha value is -4.16. The number of carbonyl (C=O) groups excluding carboxylic acids is 2. The zero-order chi connectivity index (χ0) is 31.2. The monoisotopic (exact) mass is 702 g/mol. The third-order valence-corrected chi connectivity index (χ3v) is 18.1. The van der Waals surface area contributed by atoms with Crippen molar-refractivity contribution in [1.29, 1.82) is 0 Å². The van der Waals surface area contributed by atoms with Crippen LogP contribution in [0.5, 0.6) is 0 Å². The molecule has 5 aromatic carbocycles. The van der Waals surface area contributed by atoms with Crippen molar-refractivity contribution in [2.75, 3.05) is 0 Å². The molecule has 0 spiro atoms. The van der Waals surface area contributed by atoms with Crippen molar-refractivity contribution in [2.24, 2.45) is 0 Å². The molecule has 4 nitrogen and oxygen atoms in total. The van der Waals surface area contributed by atoms with E-state index in [2.05, 4.69) is 38.1 Å². The molecule has 0 saturated carbocycles. The van der Waals surface area contributed by atoms with Crippen molar-refractivity contribution in [3.63, 3.8) is 0 Å². The van der Waals surface area contributed by atoms with E-state index < -0.39 is 31.1 Å². The first-order valence-corrected chi connectivity index (χ1v) is 22.4. The van der Waals surface area contributed by atoms with Crippen molar-refractivity contribution < 1.29 is 15.7 Å². The summed E-state index contributed by atoms with van der Waals surface area (Å²) >= 11 is -4.22. The Morgan fingerprint density at radius 2 is 0.689 bits per heavy atom. The van der Waals surface area contributed by atoms with Crippen LogP contribution in [-0.2, 0) is 6.15 Å². The summed E-state index contributed by atoms with van der Waals surface area (Å²) in [7, 11) is 0. The fourth-order valence-corrected chi connectivity index (χ4v) is 16.0. The third-order valence-electron chi connectivity index (χ3n) is 8.54. The minimum absolute atomic E-state index is 0.301. The van der Waals surface area contributed by atoms with Crippen LogP contribution in [0.15, 0.2) is 121 Å². The maximum atomic E-state index is 14.8. The van der Waals surface area contributed by atoms with E-state index in [4.69, 9.17) is 6.15 Å². The molecule has 1 heterocycles. The average molecular weight is 701 g/mol. The molecule has 0 radical (unpaired) electrons. The van der Waals surface area contributed by atoms with Gasteiger partial charge in [-0.15, -0.1) is 0 Å². The van der Waals surface area contributed by atoms with Crippen LogP contribution in [0.25, 0.3) is 44.5 Å². The second kappa shape index (κ2) is 13.9. The molecule has 0 bridgehead atoms. The van der Waals surface area contributed by atoms with Crippen LogP contribution in [0.2, 0.25) is 8.87 Å². The Labute approximate surface area is 271 Å². The number of hydrogen-bond acceptors (Lipinski definition) is 4. The summed E-state index contributed by atoms with van der Waals surface area (Å²) in [4.78, 5) is 29.6. The summed E-state index contributed by atoms with van der Waals surface area (Å²) in [6.07, 6.45) is 3.60. The second-order valence-electron chi connectivity index (χ2n) is 11.6. The van der Waals surface area contributed by atoms with E-state index in [0.29, 0.717) is 31.1 Å². The topological polar surface area (TPSA) is 52.6 Å². The molecule has 6 rings (SSSR count). The third kappa shape index (κ3) is 6.21. The van der Waals surface area contributed by atoms with Gasteiger partial charge in [-0.3, -0.25) is 0 Å². The SMILES string of the molecule is CCC[CH2][Sn]1([CH2]CCC)[O]C(=O)c2c(c(-c3ccccc3)c(-c3ccccc3)c(-c3ccccc3)c2-c2ccccc2)C(=O)[O]1. The zero-order valence-corrected chi connectivity index (χ0v) is 28.8. The van der Waals surface area contributed by atoms with Crippen molar-refractivity contribution in [2.45, 2.75) is 48.4 Å². The van der Waals surface area contributed by atoms with Gasteiger partial charge < -0.3 is 0 Å². The molecule has 0 aliphatic carbocycles. The maximum absolute atomic E-state index is 14.8. The van der Waals surface area contributed by atoms with Gasteiger partial charge in [-0.25, -0.2) is 0 Å². The van der Waals surface area contributed by atoms with Crippen molar-refractivity contribution in [3.8, 4) is 44.5 Å². The molecule has 1 aliphatic heterocycles. The van der Waals surface area contributed by atoms with Crippen LogP contribution in [0.1, 0.15) is 60.2 Å². The van der Waals surface area contributed by atoms with E-state index in [1.807, 2.05) is 97.1 Å². The number of carbonyl (C=O) groups is 2. The molecule has 0 unspecified atom stereocenters. The van der Waals surface area contributed by atoms with Crippen molar-refractivity contribution >= 4 is 31.1 Å². The van der Waals surface area contributed by atoms with Gasteiger partial charge >= 0.3 is 272 Å². The molecule has 0 saturated heterocycles. The molecule has 0 atom stereocenters. The van der Waals surface area contributed by atoms with E-state index in [9.17, 15) is 9.59 Å². The minimum atomic E-state index is -4.22. The Morgan fingerprint density at radius 1 is 0.422 bits per heavy atom. The molecule has 0 N–H and O–H groups in total. The van der Waals surface area contributed by atoms with Crippen molar-refractivity contribution in [3.05, 3.63) is 132 Å². The van der Waals surface area contributed by atoms with Crippen LogP contribution in [0, 0.1) is 0 Å².